The number of piperazine rings is 1. The Morgan fingerprint density at radius 1 is 1.02 bits per heavy atom. The minimum absolute atomic E-state index is 0.135. The predicted octanol–water partition coefficient (Wildman–Crippen LogP) is 7.90. The fourth-order valence-corrected chi connectivity index (χ4v) is 6.70. The molecule has 2 aromatic carbocycles. The molecule has 1 fully saturated rings. The van der Waals surface area contributed by atoms with Gasteiger partial charge in [0.1, 0.15) is 28.3 Å². The van der Waals surface area contributed by atoms with Gasteiger partial charge >= 0.3 is 11.9 Å². The Labute approximate surface area is 286 Å². The third-order valence-electron chi connectivity index (χ3n) is 9.17. The van der Waals surface area contributed by atoms with Crippen molar-refractivity contribution in [3.63, 3.8) is 0 Å². The molecule has 1 saturated heterocycles. The lowest BCUT2D eigenvalue weighted by atomic mass is 9.71. The highest BCUT2D eigenvalue weighted by molar-refractivity contribution is 6.30. The van der Waals surface area contributed by atoms with E-state index in [9.17, 15) is 9.59 Å². The van der Waals surface area contributed by atoms with E-state index >= 15 is 0 Å². The first kappa shape index (κ1) is 33.6. The molecule has 0 bridgehead atoms. The maximum Gasteiger partial charge on any atom is 0.341 e. The van der Waals surface area contributed by atoms with Crippen molar-refractivity contribution < 1.29 is 23.8 Å². The molecule has 0 saturated carbocycles. The van der Waals surface area contributed by atoms with Crippen LogP contribution in [0.25, 0.3) is 16.6 Å². The zero-order valence-electron chi connectivity index (χ0n) is 28.3. The summed E-state index contributed by atoms with van der Waals surface area (Å²) >= 11 is 6.23. The van der Waals surface area contributed by atoms with Gasteiger partial charge < -0.3 is 24.1 Å². The minimum Gasteiger partial charge on any atom is -0.465 e. The maximum absolute atomic E-state index is 13.4. The van der Waals surface area contributed by atoms with Crippen LogP contribution in [0.1, 0.15) is 62.9 Å². The monoisotopic (exact) mass is 670 g/mol. The second-order valence-electron chi connectivity index (χ2n) is 14.0. The molecule has 1 aliphatic heterocycles. The van der Waals surface area contributed by atoms with Gasteiger partial charge in [0.05, 0.1) is 18.7 Å². The number of fused-ring (bicyclic) bond motifs is 1. The Hall–Kier alpha value is -4.34. The largest absolute Gasteiger partial charge is 0.465 e. The van der Waals surface area contributed by atoms with E-state index in [0.717, 1.165) is 67.8 Å². The normalized spacial score (nSPS) is 19.0. The number of nitrogens with one attached hydrogen (secondary N) is 1. The molecule has 3 heterocycles. The lowest BCUT2D eigenvalue weighted by Crippen LogP contribution is -2.47. The number of aromatic amines is 1. The molecule has 0 spiro atoms. The average molecular weight is 671 g/mol. The highest BCUT2D eigenvalue weighted by Gasteiger charge is 2.41. The molecular weight excluding hydrogens is 628 g/mol. The quantitative estimate of drug-likeness (QED) is 0.189. The zero-order chi connectivity index (χ0) is 34.1. The number of pyridine rings is 1. The molecule has 1 unspecified atom stereocenters. The van der Waals surface area contributed by atoms with E-state index in [1.54, 1.807) is 12.3 Å². The summed E-state index contributed by atoms with van der Waals surface area (Å²) in [6.45, 7) is 11.8. The first-order valence-electron chi connectivity index (χ1n) is 16.4. The Morgan fingerprint density at radius 2 is 1.77 bits per heavy atom. The molecule has 1 aliphatic carbocycles. The van der Waals surface area contributed by atoms with Gasteiger partial charge in [0.15, 0.2) is 0 Å². The van der Waals surface area contributed by atoms with Crippen molar-refractivity contribution in [3.05, 3.63) is 88.7 Å². The first-order valence-corrected chi connectivity index (χ1v) is 16.8. The number of hydrogen-bond donors (Lipinski definition) is 1. The third-order valence-corrected chi connectivity index (χ3v) is 9.42. The summed E-state index contributed by atoms with van der Waals surface area (Å²) in [5.74, 6) is 0.349. The zero-order valence-corrected chi connectivity index (χ0v) is 29.0. The second-order valence-corrected chi connectivity index (χ2v) is 14.4. The highest BCUT2D eigenvalue weighted by Crippen LogP contribution is 2.45. The average Bonchev–Trinajstić information content (AvgIpc) is 3.53. The van der Waals surface area contributed by atoms with Crippen LogP contribution < -0.4 is 9.64 Å². The van der Waals surface area contributed by atoms with Crippen LogP contribution in [-0.4, -0.2) is 72.2 Å². The molecule has 2 aliphatic rings. The number of aromatic nitrogens is 2. The van der Waals surface area contributed by atoms with E-state index in [0.29, 0.717) is 28.5 Å². The number of carbonyl (C=O) groups is 2. The van der Waals surface area contributed by atoms with E-state index in [1.807, 2.05) is 70.3 Å². The summed E-state index contributed by atoms with van der Waals surface area (Å²) in [4.78, 5) is 38.3. The Morgan fingerprint density at radius 3 is 2.48 bits per heavy atom. The van der Waals surface area contributed by atoms with Gasteiger partial charge in [0, 0.05) is 61.1 Å². The summed E-state index contributed by atoms with van der Waals surface area (Å²) in [5.41, 5.74) is 4.68. The van der Waals surface area contributed by atoms with E-state index < -0.39 is 17.0 Å². The standard InChI is InChI=1S/C38H43ClN4O5/c1-37(2,3)48-36(45)38(4)14-12-31(25-6-8-28(39)9-7-25)27(22-38)24-42-16-18-43(19-17-42)29-10-11-32(35(44)46-5)33(21-29)47-30-20-26-13-15-40-34(26)41-23-30/h6-11,13,15,20-21,23H,12,14,16-19,22,24H2,1-5H3,(H,40,41). The van der Waals surface area contributed by atoms with Gasteiger partial charge in [-0.2, -0.15) is 0 Å². The number of H-pyrrole nitrogens is 1. The summed E-state index contributed by atoms with van der Waals surface area (Å²) in [5, 5.41) is 1.62. The van der Waals surface area contributed by atoms with E-state index in [-0.39, 0.29) is 5.97 Å². The van der Waals surface area contributed by atoms with Gasteiger partial charge in [0.2, 0.25) is 0 Å². The van der Waals surface area contributed by atoms with Gasteiger partial charge in [-0.3, -0.25) is 9.69 Å². The molecule has 9 nitrogen and oxygen atoms in total. The summed E-state index contributed by atoms with van der Waals surface area (Å²) < 4.78 is 17.2. The summed E-state index contributed by atoms with van der Waals surface area (Å²) in [7, 11) is 1.36. The van der Waals surface area contributed by atoms with Crippen LogP contribution in [0.2, 0.25) is 5.02 Å². The number of halogens is 1. The van der Waals surface area contributed by atoms with Crippen LogP contribution in [0.4, 0.5) is 5.69 Å². The summed E-state index contributed by atoms with van der Waals surface area (Å²) in [6.07, 6.45) is 5.65. The van der Waals surface area contributed by atoms with Gasteiger partial charge in [-0.05, 0) is 94.5 Å². The third kappa shape index (κ3) is 7.53. The lowest BCUT2D eigenvalue weighted by Gasteiger charge is -2.40. The first-order chi connectivity index (χ1) is 22.9. The maximum atomic E-state index is 13.4. The lowest BCUT2D eigenvalue weighted by molar-refractivity contribution is -0.167. The van der Waals surface area contributed by atoms with Crippen LogP contribution >= 0.6 is 11.6 Å². The highest BCUT2D eigenvalue weighted by atomic mass is 35.5. The topological polar surface area (TPSA) is 97.0 Å². The number of hydrogen-bond acceptors (Lipinski definition) is 8. The van der Waals surface area contributed by atoms with Crippen molar-refractivity contribution in [3.8, 4) is 11.5 Å². The molecule has 0 radical (unpaired) electrons. The molecule has 1 N–H and O–H groups in total. The number of carbonyl (C=O) groups excluding carboxylic acids is 2. The predicted molar refractivity (Wildman–Crippen MR) is 189 cm³/mol. The Kier molecular flexibility index (Phi) is 9.54. The molecule has 10 heteroatoms. The van der Waals surface area contributed by atoms with Crippen molar-refractivity contribution in [1.82, 2.24) is 14.9 Å². The van der Waals surface area contributed by atoms with Gasteiger partial charge in [-0.25, -0.2) is 9.78 Å². The molecule has 48 heavy (non-hydrogen) atoms. The summed E-state index contributed by atoms with van der Waals surface area (Å²) in [6, 6.07) is 17.4. The van der Waals surface area contributed by atoms with E-state index in [1.165, 1.54) is 18.3 Å². The molecule has 252 valence electrons. The van der Waals surface area contributed by atoms with Crippen LogP contribution in [0, 0.1) is 5.41 Å². The smallest absolute Gasteiger partial charge is 0.341 e. The van der Waals surface area contributed by atoms with Crippen LogP contribution in [-0.2, 0) is 14.3 Å². The van der Waals surface area contributed by atoms with Gasteiger partial charge in [-0.15, -0.1) is 0 Å². The second kappa shape index (κ2) is 13.6. The number of anilines is 1. The van der Waals surface area contributed by atoms with Crippen LogP contribution in [0.15, 0.2) is 72.6 Å². The minimum atomic E-state index is -0.584. The van der Waals surface area contributed by atoms with E-state index in [2.05, 4.69) is 31.9 Å². The SMILES string of the molecule is COC(=O)c1ccc(N2CCN(CC3=C(c4ccc(Cl)cc4)CCC(C)(C(=O)OC(C)(C)C)C3)CC2)cc1Oc1cnc2[nH]ccc2c1. The number of allylic oxidation sites excluding steroid dienone is 1. The number of rotatable bonds is 8. The van der Waals surface area contributed by atoms with Crippen molar-refractivity contribution in [1.29, 1.82) is 0 Å². The van der Waals surface area contributed by atoms with Crippen molar-refractivity contribution in [2.75, 3.05) is 44.7 Å². The molecule has 2 aromatic heterocycles. The number of ether oxygens (including phenoxy) is 3. The molecule has 0 amide bonds. The number of methoxy groups -OCH3 is 1. The van der Waals surface area contributed by atoms with Gasteiger partial charge in [-0.1, -0.05) is 29.3 Å². The number of benzene rings is 2. The number of nitrogens with zero attached hydrogens (tertiary/aromatic N) is 3. The molecule has 4 aromatic rings. The molecular formula is C38H43ClN4O5. The van der Waals surface area contributed by atoms with Crippen LogP contribution in [0.5, 0.6) is 11.5 Å². The molecule has 1 atom stereocenters. The van der Waals surface area contributed by atoms with E-state index in [4.69, 9.17) is 25.8 Å². The fraction of sp³-hybridized carbons (Fsp3) is 0.395. The van der Waals surface area contributed by atoms with Crippen molar-refractivity contribution in [2.45, 2.75) is 52.6 Å². The van der Waals surface area contributed by atoms with Crippen molar-refractivity contribution in [2.24, 2.45) is 5.41 Å². The van der Waals surface area contributed by atoms with Crippen molar-refractivity contribution >= 4 is 45.8 Å². The Bertz CT molecular complexity index is 1840. The van der Waals surface area contributed by atoms with Gasteiger partial charge in [0.25, 0.3) is 0 Å². The molecule has 6 rings (SSSR count). The Balaban J connectivity index is 1.19. The number of esters is 2. The van der Waals surface area contributed by atoms with Crippen LogP contribution in [0.3, 0.4) is 0 Å². The fourth-order valence-electron chi connectivity index (χ4n) is 6.58.